The number of nitrogens with zero attached hydrogens (tertiary/aromatic N) is 1. The third-order valence-corrected chi connectivity index (χ3v) is 5.03. The van der Waals surface area contributed by atoms with Gasteiger partial charge in [-0.3, -0.25) is 9.59 Å². The van der Waals surface area contributed by atoms with Crippen LogP contribution < -0.4 is 4.72 Å². The van der Waals surface area contributed by atoms with E-state index in [2.05, 4.69) is 0 Å². The number of esters is 1. The number of hydrogen-bond acceptors (Lipinski definition) is 5. The first kappa shape index (κ1) is 23.9. The molecular weight excluding hydrogens is 401 g/mol. The van der Waals surface area contributed by atoms with E-state index in [1.807, 2.05) is 4.72 Å². The van der Waals surface area contributed by atoms with Crippen LogP contribution in [0.4, 0.5) is 13.2 Å². The van der Waals surface area contributed by atoms with Crippen LogP contribution in [-0.4, -0.2) is 50.4 Å². The van der Waals surface area contributed by atoms with Crippen molar-refractivity contribution in [2.75, 3.05) is 13.2 Å². The monoisotopic (exact) mass is 424 g/mol. The number of amides is 1. The van der Waals surface area contributed by atoms with Crippen molar-refractivity contribution in [3.05, 3.63) is 29.8 Å². The number of carbonyl (C=O) groups excluding carboxylic acids is 2. The predicted molar refractivity (Wildman–Crippen MR) is 94.7 cm³/mol. The van der Waals surface area contributed by atoms with Crippen LogP contribution in [-0.2, 0) is 30.5 Å². The number of sulfonamides is 1. The molecule has 0 aliphatic heterocycles. The topological polar surface area (TPSA) is 92.8 Å². The van der Waals surface area contributed by atoms with Crippen molar-refractivity contribution in [3.8, 4) is 0 Å². The fraction of sp³-hybridized carbons (Fsp3) is 0.529. The molecule has 0 radical (unpaired) electrons. The smallest absolute Gasteiger partial charge is 0.416 e. The molecule has 11 heteroatoms. The van der Waals surface area contributed by atoms with E-state index in [0.29, 0.717) is 6.07 Å². The molecule has 0 aliphatic rings. The van der Waals surface area contributed by atoms with Gasteiger partial charge in [0, 0.05) is 12.1 Å². The zero-order valence-corrected chi connectivity index (χ0v) is 16.7. The predicted octanol–water partition coefficient (Wildman–Crippen LogP) is 2.17. The molecule has 158 valence electrons. The SMILES string of the molecule is CC(C)N(C(=O)COC(=O)CNS(=O)(=O)c1cccc(C(F)(F)F)c1)C(C)C. The number of ether oxygens (including phenoxy) is 1. The van der Waals surface area contributed by atoms with Gasteiger partial charge in [-0.15, -0.1) is 0 Å². The Hall–Kier alpha value is -2.14. The highest BCUT2D eigenvalue weighted by molar-refractivity contribution is 7.89. The van der Waals surface area contributed by atoms with E-state index < -0.39 is 51.7 Å². The van der Waals surface area contributed by atoms with Gasteiger partial charge < -0.3 is 9.64 Å². The Morgan fingerprint density at radius 2 is 1.71 bits per heavy atom. The lowest BCUT2D eigenvalue weighted by Gasteiger charge is -2.30. The van der Waals surface area contributed by atoms with Gasteiger partial charge in [-0.1, -0.05) is 6.07 Å². The average molecular weight is 424 g/mol. The van der Waals surface area contributed by atoms with E-state index in [1.165, 1.54) is 4.90 Å². The van der Waals surface area contributed by atoms with Crippen LogP contribution in [0.1, 0.15) is 33.3 Å². The lowest BCUT2D eigenvalue weighted by molar-refractivity contribution is -0.152. The van der Waals surface area contributed by atoms with Gasteiger partial charge in [0.2, 0.25) is 10.0 Å². The molecule has 28 heavy (non-hydrogen) atoms. The van der Waals surface area contributed by atoms with Crippen molar-refractivity contribution in [2.24, 2.45) is 0 Å². The van der Waals surface area contributed by atoms with E-state index >= 15 is 0 Å². The third-order valence-electron chi connectivity index (χ3n) is 3.64. The maximum absolute atomic E-state index is 12.7. The minimum atomic E-state index is -4.70. The van der Waals surface area contributed by atoms with Crippen molar-refractivity contribution < 1.29 is 35.9 Å². The highest BCUT2D eigenvalue weighted by Gasteiger charge is 2.31. The molecule has 0 heterocycles. The summed E-state index contributed by atoms with van der Waals surface area (Å²) in [6.07, 6.45) is -4.70. The second-order valence-electron chi connectivity index (χ2n) is 6.50. The molecule has 0 aromatic heterocycles. The number of alkyl halides is 3. The summed E-state index contributed by atoms with van der Waals surface area (Å²) in [6, 6.07) is 2.86. The van der Waals surface area contributed by atoms with E-state index in [-0.39, 0.29) is 12.1 Å². The summed E-state index contributed by atoms with van der Waals surface area (Å²) in [5, 5.41) is 0. The van der Waals surface area contributed by atoms with Gasteiger partial charge in [0.15, 0.2) is 6.61 Å². The van der Waals surface area contributed by atoms with Crippen molar-refractivity contribution in [2.45, 2.75) is 50.9 Å². The van der Waals surface area contributed by atoms with Crippen LogP contribution in [0.3, 0.4) is 0 Å². The summed E-state index contributed by atoms with van der Waals surface area (Å²) in [6.45, 7) is 5.79. The fourth-order valence-corrected chi connectivity index (χ4v) is 3.53. The molecule has 1 amide bonds. The number of hydrogen-bond donors (Lipinski definition) is 1. The van der Waals surface area contributed by atoms with E-state index in [1.54, 1.807) is 27.7 Å². The van der Waals surface area contributed by atoms with Gasteiger partial charge in [0.25, 0.3) is 5.91 Å². The highest BCUT2D eigenvalue weighted by atomic mass is 32.2. The third kappa shape index (κ3) is 6.79. The molecule has 0 atom stereocenters. The van der Waals surface area contributed by atoms with Gasteiger partial charge in [-0.25, -0.2) is 8.42 Å². The molecule has 0 fully saturated rings. The Balaban J connectivity index is 2.68. The molecule has 7 nitrogen and oxygen atoms in total. The first-order valence-electron chi connectivity index (χ1n) is 8.39. The van der Waals surface area contributed by atoms with Crippen LogP contribution in [0, 0.1) is 0 Å². The molecule has 1 rings (SSSR count). The number of benzene rings is 1. The molecule has 0 unspecified atom stereocenters. The Bertz CT molecular complexity index is 799. The second kappa shape index (κ2) is 9.37. The summed E-state index contributed by atoms with van der Waals surface area (Å²) in [5.41, 5.74) is -1.13. The van der Waals surface area contributed by atoms with E-state index in [9.17, 15) is 31.2 Å². The maximum Gasteiger partial charge on any atom is 0.416 e. The Morgan fingerprint density at radius 3 is 2.21 bits per heavy atom. The van der Waals surface area contributed by atoms with Crippen LogP contribution in [0.25, 0.3) is 0 Å². The largest absolute Gasteiger partial charge is 0.455 e. The van der Waals surface area contributed by atoms with Gasteiger partial charge >= 0.3 is 12.1 Å². The maximum atomic E-state index is 12.7. The second-order valence-corrected chi connectivity index (χ2v) is 8.27. The molecule has 0 saturated heterocycles. The Morgan fingerprint density at radius 1 is 1.14 bits per heavy atom. The fourth-order valence-electron chi connectivity index (χ4n) is 2.52. The van der Waals surface area contributed by atoms with Gasteiger partial charge in [0.05, 0.1) is 10.5 Å². The highest BCUT2D eigenvalue weighted by Crippen LogP contribution is 2.30. The van der Waals surface area contributed by atoms with Gasteiger partial charge in [0.1, 0.15) is 6.54 Å². The molecule has 1 N–H and O–H groups in total. The number of halogens is 3. The van der Waals surface area contributed by atoms with E-state index in [4.69, 9.17) is 4.74 Å². The summed E-state index contributed by atoms with van der Waals surface area (Å²) in [4.78, 5) is 24.7. The van der Waals surface area contributed by atoms with Crippen LogP contribution >= 0.6 is 0 Å². The molecule has 0 saturated carbocycles. The normalized spacial score (nSPS) is 12.3. The lowest BCUT2D eigenvalue weighted by Crippen LogP contribution is -2.44. The zero-order valence-electron chi connectivity index (χ0n) is 15.9. The minimum absolute atomic E-state index is 0.120. The molecule has 1 aromatic rings. The Kier molecular flexibility index (Phi) is 8.00. The van der Waals surface area contributed by atoms with Crippen molar-refractivity contribution >= 4 is 21.9 Å². The quantitative estimate of drug-likeness (QED) is 0.646. The van der Waals surface area contributed by atoms with Crippen molar-refractivity contribution in [3.63, 3.8) is 0 Å². The van der Waals surface area contributed by atoms with Crippen molar-refractivity contribution in [1.29, 1.82) is 0 Å². The molecule has 0 spiro atoms. The summed E-state index contributed by atoms with van der Waals surface area (Å²) >= 11 is 0. The number of nitrogens with one attached hydrogen (secondary N) is 1. The number of rotatable bonds is 8. The molecule has 1 aromatic carbocycles. The molecular formula is C17H23F3N2O5S. The first-order chi connectivity index (χ1) is 12.8. The molecule has 0 aliphatic carbocycles. The van der Waals surface area contributed by atoms with Crippen LogP contribution in [0.2, 0.25) is 0 Å². The summed E-state index contributed by atoms with van der Waals surface area (Å²) < 4.78 is 68.9. The average Bonchev–Trinajstić information content (AvgIpc) is 2.57. The van der Waals surface area contributed by atoms with Crippen LogP contribution in [0.5, 0.6) is 0 Å². The van der Waals surface area contributed by atoms with E-state index in [0.717, 1.165) is 18.2 Å². The summed E-state index contributed by atoms with van der Waals surface area (Å²) in [7, 11) is -4.37. The molecule has 0 bridgehead atoms. The summed E-state index contributed by atoms with van der Waals surface area (Å²) in [5.74, 6) is -1.48. The number of carbonyl (C=O) groups is 2. The van der Waals surface area contributed by atoms with Gasteiger partial charge in [-0.2, -0.15) is 17.9 Å². The standard InChI is InChI=1S/C17H23F3N2O5S/c1-11(2)22(12(3)4)15(23)10-27-16(24)9-21-28(25,26)14-7-5-6-13(8-14)17(18,19)20/h5-8,11-12,21H,9-10H2,1-4H3. The van der Waals surface area contributed by atoms with Gasteiger partial charge in [-0.05, 0) is 45.9 Å². The lowest BCUT2D eigenvalue weighted by atomic mass is 10.2. The minimum Gasteiger partial charge on any atom is -0.455 e. The zero-order chi connectivity index (χ0) is 21.7. The first-order valence-corrected chi connectivity index (χ1v) is 9.87. The van der Waals surface area contributed by atoms with Crippen molar-refractivity contribution in [1.82, 2.24) is 9.62 Å². The Labute approximate surface area is 161 Å². The van der Waals surface area contributed by atoms with Crippen LogP contribution in [0.15, 0.2) is 29.2 Å².